The highest BCUT2D eigenvalue weighted by atomic mass is 16.6. The van der Waals surface area contributed by atoms with Crippen LogP contribution in [-0.2, 0) is 28.6 Å². The van der Waals surface area contributed by atoms with Crippen LogP contribution >= 0.6 is 0 Å². The summed E-state index contributed by atoms with van der Waals surface area (Å²) in [5.74, 6) is -0.842. The van der Waals surface area contributed by atoms with Gasteiger partial charge in [-0.2, -0.15) is 0 Å². The van der Waals surface area contributed by atoms with Crippen LogP contribution in [0.4, 0.5) is 0 Å². The minimum atomic E-state index is -0.768. The molecular formula is C68H124O6. The highest BCUT2D eigenvalue weighted by Crippen LogP contribution is 2.18. The van der Waals surface area contributed by atoms with Crippen LogP contribution in [0.2, 0.25) is 0 Å². The van der Waals surface area contributed by atoms with E-state index in [2.05, 4.69) is 69.4 Å². The van der Waals surface area contributed by atoms with Crippen molar-refractivity contribution in [3.8, 4) is 0 Å². The van der Waals surface area contributed by atoms with Crippen LogP contribution in [0.15, 0.2) is 48.6 Å². The standard InChI is InChI=1S/C68H124O6/c1-4-7-10-13-16-19-22-25-27-29-30-31-32-33-34-35-36-37-38-39-41-43-46-49-52-55-58-61-67(70)73-64-65(63-72-66(69)60-57-54-51-48-45-42-24-21-18-15-12-9-6-3)74-68(71)62-59-56-53-50-47-44-40-28-26-23-20-17-14-11-8-5-2/h7,10,16,19,25,27,30-31,65H,4-6,8-9,11-15,17-18,20-24,26,28-29,32-64H2,1-3H3/b10-7-,19-16-,27-25-,31-30-. The second-order valence-corrected chi connectivity index (χ2v) is 22.0. The van der Waals surface area contributed by atoms with Gasteiger partial charge in [0.25, 0.3) is 0 Å². The van der Waals surface area contributed by atoms with Gasteiger partial charge in [0.15, 0.2) is 6.10 Å². The first kappa shape index (κ1) is 71.4. The van der Waals surface area contributed by atoms with Crippen molar-refractivity contribution in [3.63, 3.8) is 0 Å². The molecule has 6 nitrogen and oxygen atoms in total. The first-order valence-corrected chi connectivity index (χ1v) is 32.6. The number of rotatable bonds is 60. The van der Waals surface area contributed by atoms with E-state index >= 15 is 0 Å². The molecule has 0 aromatic heterocycles. The average Bonchev–Trinajstić information content (AvgIpc) is 3.40. The maximum absolute atomic E-state index is 12.9. The summed E-state index contributed by atoms with van der Waals surface area (Å²) in [6.45, 7) is 6.59. The van der Waals surface area contributed by atoms with E-state index in [0.29, 0.717) is 19.3 Å². The third-order valence-electron chi connectivity index (χ3n) is 14.6. The van der Waals surface area contributed by atoms with Crippen molar-refractivity contribution in [2.45, 2.75) is 354 Å². The minimum Gasteiger partial charge on any atom is -0.462 e. The van der Waals surface area contributed by atoms with Crippen LogP contribution in [0.3, 0.4) is 0 Å². The molecule has 1 unspecified atom stereocenters. The lowest BCUT2D eigenvalue weighted by atomic mass is 10.0. The number of hydrogen-bond acceptors (Lipinski definition) is 6. The van der Waals surface area contributed by atoms with E-state index in [0.717, 1.165) is 83.5 Å². The molecule has 0 heterocycles. The summed E-state index contributed by atoms with van der Waals surface area (Å²) in [4.78, 5) is 38.3. The molecule has 0 aliphatic heterocycles. The predicted molar refractivity (Wildman–Crippen MR) is 321 cm³/mol. The van der Waals surface area contributed by atoms with Gasteiger partial charge >= 0.3 is 17.9 Å². The molecule has 74 heavy (non-hydrogen) atoms. The van der Waals surface area contributed by atoms with Gasteiger partial charge in [0, 0.05) is 19.3 Å². The molecule has 0 rings (SSSR count). The highest BCUT2D eigenvalue weighted by Gasteiger charge is 2.19. The molecule has 0 bridgehead atoms. The molecule has 0 aromatic rings. The molecule has 0 spiro atoms. The van der Waals surface area contributed by atoms with Crippen molar-refractivity contribution in [3.05, 3.63) is 48.6 Å². The summed E-state index contributed by atoms with van der Waals surface area (Å²) in [6.07, 6.45) is 78.4. The molecule has 0 N–H and O–H groups in total. The molecule has 0 fully saturated rings. The fraction of sp³-hybridized carbons (Fsp3) is 0.838. The van der Waals surface area contributed by atoms with Crippen molar-refractivity contribution in [1.82, 2.24) is 0 Å². The fourth-order valence-electron chi connectivity index (χ4n) is 9.73. The summed E-state index contributed by atoms with van der Waals surface area (Å²) in [7, 11) is 0. The van der Waals surface area contributed by atoms with Gasteiger partial charge in [-0.15, -0.1) is 0 Å². The quantitative estimate of drug-likeness (QED) is 0.0261. The van der Waals surface area contributed by atoms with Crippen LogP contribution < -0.4 is 0 Å². The van der Waals surface area contributed by atoms with Gasteiger partial charge in [-0.25, -0.2) is 0 Å². The number of allylic oxidation sites excluding steroid dienone is 8. The second-order valence-electron chi connectivity index (χ2n) is 22.0. The second kappa shape index (κ2) is 62.9. The average molecular weight is 1040 g/mol. The molecule has 0 aliphatic carbocycles. The molecule has 0 aromatic carbocycles. The van der Waals surface area contributed by atoms with E-state index in [4.69, 9.17) is 14.2 Å². The van der Waals surface area contributed by atoms with Gasteiger partial charge < -0.3 is 14.2 Å². The van der Waals surface area contributed by atoms with Crippen LogP contribution in [0.25, 0.3) is 0 Å². The third kappa shape index (κ3) is 60.2. The van der Waals surface area contributed by atoms with Gasteiger partial charge in [0.05, 0.1) is 0 Å². The summed E-state index contributed by atoms with van der Waals surface area (Å²) in [6, 6.07) is 0. The van der Waals surface area contributed by atoms with Crippen molar-refractivity contribution in [2.24, 2.45) is 0 Å². The third-order valence-corrected chi connectivity index (χ3v) is 14.6. The van der Waals surface area contributed by atoms with Crippen molar-refractivity contribution in [1.29, 1.82) is 0 Å². The number of carbonyl (C=O) groups is 3. The zero-order valence-electron chi connectivity index (χ0n) is 49.6. The van der Waals surface area contributed by atoms with Crippen LogP contribution in [-0.4, -0.2) is 37.2 Å². The number of hydrogen-bond donors (Lipinski definition) is 0. The van der Waals surface area contributed by atoms with E-state index < -0.39 is 6.10 Å². The zero-order valence-corrected chi connectivity index (χ0v) is 49.6. The monoisotopic (exact) mass is 1040 g/mol. The van der Waals surface area contributed by atoms with E-state index in [1.54, 1.807) is 0 Å². The molecule has 0 saturated carbocycles. The SMILES string of the molecule is CC/C=C\C/C=C\C/C=C\C/C=C\CCCCCCCCCCCCCCCCC(=O)OCC(COC(=O)CCCCCCCCCCCCCCC)OC(=O)CCCCCCCCCCCCCCCCCC. The molecule has 432 valence electrons. The van der Waals surface area contributed by atoms with E-state index in [1.807, 2.05) is 0 Å². The Morgan fingerprint density at radius 1 is 0.284 bits per heavy atom. The number of esters is 3. The molecule has 0 aliphatic rings. The van der Waals surface area contributed by atoms with E-state index in [9.17, 15) is 14.4 Å². The molecule has 1 atom stereocenters. The minimum absolute atomic E-state index is 0.0665. The number of carbonyl (C=O) groups excluding carboxylic acids is 3. The molecule has 0 radical (unpaired) electrons. The van der Waals surface area contributed by atoms with Gasteiger partial charge in [-0.3, -0.25) is 14.4 Å². The Labute approximate surface area is 460 Å². The van der Waals surface area contributed by atoms with Crippen LogP contribution in [0, 0.1) is 0 Å². The Kier molecular flexibility index (Phi) is 60.7. The highest BCUT2D eigenvalue weighted by molar-refractivity contribution is 5.71. The summed E-state index contributed by atoms with van der Waals surface area (Å²) in [5.41, 5.74) is 0. The van der Waals surface area contributed by atoms with Crippen LogP contribution in [0.1, 0.15) is 348 Å². The van der Waals surface area contributed by atoms with Crippen molar-refractivity contribution >= 4 is 17.9 Å². The number of unbranched alkanes of at least 4 members (excludes halogenated alkanes) is 41. The van der Waals surface area contributed by atoms with Crippen LogP contribution in [0.5, 0.6) is 0 Å². The largest absolute Gasteiger partial charge is 0.462 e. The Morgan fingerprint density at radius 3 is 0.824 bits per heavy atom. The van der Waals surface area contributed by atoms with Gasteiger partial charge in [-0.05, 0) is 57.8 Å². The van der Waals surface area contributed by atoms with Gasteiger partial charge in [-0.1, -0.05) is 320 Å². The first-order valence-electron chi connectivity index (χ1n) is 32.6. The Hall–Kier alpha value is -2.63. The normalized spacial score (nSPS) is 12.3. The van der Waals surface area contributed by atoms with Crippen molar-refractivity contribution < 1.29 is 28.6 Å². The maximum atomic E-state index is 12.9. The summed E-state index contributed by atoms with van der Waals surface area (Å²) >= 11 is 0. The molecule has 0 saturated heterocycles. The van der Waals surface area contributed by atoms with Crippen molar-refractivity contribution in [2.75, 3.05) is 13.2 Å². The van der Waals surface area contributed by atoms with Gasteiger partial charge in [0.2, 0.25) is 0 Å². The lowest BCUT2D eigenvalue weighted by molar-refractivity contribution is -0.167. The maximum Gasteiger partial charge on any atom is 0.306 e. The zero-order chi connectivity index (χ0) is 53.6. The molecule has 0 amide bonds. The Morgan fingerprint density at radius 2 is 0.527 bits per heavy atom. The predicted octanol–water partition coefficient (Wildman–Crippen LogP) is 22.2. The Balaban J connectivity index is 4.21. The number of ether oxygens (including phenoxy) is 3. The topological polar surface area (TPSA) is 78.9 Å². The summed E-state index contributed by atoms with van der Waals surface area (Å²) in [5, 5.41) is 0. The molecule has 6 heteroatoms. The van der Waals surface area contributed by atoms with Gasteiger partial charge in [0.1, 0.15) is 13.2 Å². The van der Waals surface area contributed by atoms with E-state index in [-0.39, 0.29) is 31.1 Å². The Bertz CT molecular complexity index is 1280. The first-order chi connectivity index (χ1) is 36.5. The lowest BCUT2D eigenvalue weighted by Gasteiger charge is -2.18. The lowest BCUT2D eigenvalue weighted by Crippen LogP contribution is -2.30. The molecular weight excluding hydrogens is 913 g/mol. The summed E-state index contributed by atoms with van der Waals surface area (Å²) < 4.78 is 16.9. The fourth-order valence-corrected chi connectivity index (χ4v) is 9.73. The van der Waals surface area contributed by atoms with E-state index in [1.165, 1.54) is 225 Å². The smallest absolute Gasteiger partial charge is 0.306 e.